The Balaban J connectivity index is 2.34. The molecule has 1 N–H and O–H groups in total. The fraction of sp³-hybridized carbons (Fsp3) is 0.533. The maximum Gasteiger partial charge on any atom is 0.328 e. The molecule has 1 fully saturated rings. The summed E-state index contributed by atoms with van der Waals surface area (Å²) in [5.41, 5.74) is 0.621. The van der Waals surface area contributed by atoms with Crippen LogP contribution in [0.2, 0.25) is 0 Å². The molecule has 0 bridgehead atoms. The minimum Gasteiger partial charge on any atom is -0.465 e. The van der Waals surface area contributed by atoms with Crippen molar-refractivity contribution >= 4 is 21.9 Å². The van der Waals surface area contributed by atoms with Gasteiger partial charge in [-0.1, -0.05) is 15.9 Å². The average molecular weight is 359 g/mol. The molecule has 21 heavy (non-hydrogen) atoms. The van der Waals surface area contributed by atoms with Crippen molar-refractivity contribution < 1.29 is 13.9 Å². The number of halogens is 2. The van der Waals surface area contributed by atoms with Crippen LogP contribution in [0.1, 0.15) is 24.9 Å². The van der Waals surface area contributed by atoms with Gasteiger partial charge >= 0.3 is 5.97 Å². The van der Waals surface area contributed by atoms with Gasteiger partial charge in [0, 0.05) is 24.1 Å². The molecule has 0 spiro atoms. The first-order chi connectivity index (χ1) is 10.1. The molecule has 0 aromatic heterocycles. The summed E-state index contributed by atoms with van der Waals surface area (Å²) >= 11 is 3.42. The quantitative estimate of drug-likeness (QED) is 0.839. The fourth-order valence-electron chi connectivity index (χ4n) is 2.54. The molecule has 1 heterocycles. The Kier molecular flexibility index (Phi) is 6.14. The molecular formula is C15H20BrFN2O2. The van der Waals surface area contributed by atoms with E-state index in [-0.39, 0.29) is 11.8 Å². The Hall–Kier alpha value is -0.980. The number of ether oxygens (including phenoxy) is 1. The van der Waals surface area contributed by atoms with Gasteiger partial charge in [-0.05, 0) is 43.7 Å². The Morgan fingerprint density at radius 1 is 1.48 bits per heavy atom. The molecular weight excluding hydrogens is 339 g/mol. The van der Waals surface area contributed by atoms with Crippen LogP contribution in [0.5, 0.6) is 0 Å². The number of hydrogen-bond acceptors (Lipinski definition) is 4. The summed E-state index contributed by atoms with van der Waals surface area (Å²) in [4.78, 5) is 14.4. The number of nitrogens with zero attached hydrogens (tertiary/aromatic N) is 1. The highest BCUT2D eigenvalue weighted by Gasteiger charge is 2.31. The highest BCUT2D eigenvalue weighted by atomic mass is 79.9. The van der Waals surface area contributed by atoms with Gasteiger partial charge in [-0.25, -0.2) is 9.18 Å². The van der Waals surface area contributed by atoms with E-state index in [4.69, 9.17) is 4.74 Å². The van der Waals surface area contributed by atoms with Gasteiger partial charge in [0.2, 0.25) is 0 Å². The number of carbonyl (C=O) groups is 1. The van der Waals surface area contributed by atoms with E-state index in [0.717, 1.165) is 37.1 Å². The zero-order chi connectivity index (χ0) is 15.2. The average Bonchev–Trinajstić information content (AvgIpc) is 2.72. The van der Waals surface area contributed by atoms with Crippen LogP contribution in [0.25, 0.3) is 0 Å². The Labute approximate surface area is 132 Å². The van der Waals surface area contributed by atoms with Gasteiger partial charge in [-0.3, -0.25) is 4.90 Å². The minimum absolute atomic E-state index is 0.314. The molecule has 1 aliphatic heterocycles. The van der Waals surface area contributed by atoms with Crippen LogP contribution in [-0.4, -0.2) is 43.7 Å². The van der Waals surface area contributed by atoms with Crippen molar-refractivity contribution in [3.8, 4) is 0 Å². The minimum atomic E-state index is -0.574. The maximum atomic E-state index is 13.6. The third-order valence-corrected chi connectivity index (χ3v) is 4.22. The van der Waals surface area contributed by atoms with E-state index in [1.54, 1.807) is 13.0 Å². The molecule has 0 saturated carbocycles. The number of rotatable bonds is 4. The van der Waals surface area contributed by atoms with Gasteiger partial charge in [0.15, 0.2) is 0 Å². The first kappa shape index (κ1) is 16.4. The van der Waals surface area contributed by atoms with Crippen molar-refractivity contribution in [1.29, 1.82) is 0 Å². The van der Waals surface area contributed by atoms with Crippen LogP contribution in [0.15, 0.2) is 22.7 Å². The summed E-state index contributed by atoms with van der Waals surface area (Å²) < 4.78 is 19.5. The summed E-state index contributed by atoms with van der Waals surface area (Å²) in [6.07, 6.45) is 0.947. The Morgan fingerprint density at radius 2 is 2.29 bits per heavy atom. The molecule has 1 atom stereocenters. The molecule has 4 nitrogen and oxygen atoms in total. The highest BCUT2D eigenvalue weighted by molar-refractivity contribution is 9.10. The van der Waals surface area contributed by atoms with Crippen molar-refractivity contribution in [2.45, 2.75) is 19.4 Å². The van der Waals surface area contributed by atoms with Crippen molar-refractivity contribution in [2.75, 3.05) is 32.8 Å². The van der Waals surface area contributed by atoms with Gasteiger partial charge < -0.3 is 10.1 Å². The van der Waals surface area contributed by atoms with Crippen molar-refractivity contribution in [3.05, 3.63) is 34.1 Å². The van der Waals surface area contributed by atoms with E-state index >= 15 is 0 Å². The van der Waals surface area contributed by atoms with Crippen LogP contribution >= 0.6 is 15.9 Å². The molecule has 0 aliphatic carbocycles. The van der Waals surface area contributed by atoms with Crippen LogP contribution in [-0.2, 0) is 9.53 Å². The topological polar surface area (TPSA) is 41.6 Å². The number of benzene rings is 1. The second-order valence-corrected chi connectivity index (χ2v) is 5.81. The number of hydrogen-bond donors (Lipinski definition) is 1. The second-order valence-electron chi connectivity index (χ2n) is 4.96. The second kappa shape index (κ2) is 7.87. The summed E-state index contributed by atoms with van der Waals surface area (Å²) in [5, 5.41) is 3.30. The molecule has 116 valence electrons. The third kappa shape index (κ3) is 4.25. The molecule has 2 rings (SSSR count). The zero-order valence-electron chi connectivity index (χ0n) is 12.1. The normalized spacial score (nSPS) is 18.0. The van der Waals surface area contributed by atoms with Crippen LogP contribution in [0.4, 0.5) is 4.39 Å². The highest BCUT2D eigenvalue weighted by Crippen LogP contribution is 2.30. The largest absolute Gasteiger partial charge is 0.465 e. The number of esters is 1. The van der Waals surface area contributed by atoms with Gasteiger partial charge in [-0.2, -0.15) is 0 Å². The van der Waals surface area contributed by atoms with E-state index < -0.39 is 6.04 Å². The Morgan fingerprint density at radius 3 is 3.05 bits per heavy atom. The smallest absolute Gasteiger partial charge is 0.328 e. The van der Waals surface area contributed by atoms with Gasteiger partial charge in [0.25, 0.3) is 0 Å². The first-order valence-electron chi connectivity index (χ1n) is 7.20. The van der Waals surface area contributed by atoms with E-state index in [0.29, 0.717) is 12.2 Å². The molecule has 0 radical (unpaired) electrons. The summed E-state index contributed by atoms with van der Waals surface area (Å²) in [5.74, 6) is -0.679. The standard InChI is InChI=1S/C15H20BrFN2O2/c1-2-21-15(20)14(19-8-3-6-18-7-9-19)12-10-11(17)4-5-13(12)16/h4-5,10,14,18H,2-3,6-9H2,1H3. The van der Waals surface area contributed by atoms with Crippen molar-refractivity contribution in [3.63, 3.8) is 0 Å². The predicted molar refractivity (Wildman–Crippen MR) is 82.5 cm³/mol. The molecule has 1 unspecified atom stereocenters. The third-order valence-electron chi connectivity index (χ3n) is 3.50. The zero-order valence-corrected chi connectivity index (χ0v) is 13.7. The number of nitrogens with one attached hydrogen (secondary N) is 1. The van der Waals surface area contributed by atoms with Crippen LogP contribution in [0, 0.1) is 5.82 Å². The lowest BCUT2D eigenvalue weighted by atomic mass is 10.0. The SMILES string of the molecule is CCOC(=O)C(c1cc(F)ccc1Br)N1CCCNCC1. The Bertz CT molecular complexity index is 491. The lowest BCUT2D eigenvalue weighted by Gasteiger charge is -2.29. The lowest BCUT2D eigenvalue weighted by molar-refractivity contribution is -0.149. The summed E-state index contributed by atoms with van der Waals surface area (Å²) in [7, 11) is 0. The molecule has 1 aromatic carbocycles. The van der Waals surface area contributed by atoms with E-state index in [9.17, 15) is 9.18 Å². The van der Waals surface area contributed by atoms with Crippen LogP contribution < -0.4 is 5.32 Å². The molecule has 1 saturated heterocycles. The van der Waals surface area contributed by atoms with Gasteiger partial charge in [-0.15, -0.1) is 0 Å². The van der Waals surface area contributed by atoms with Crippen molar-refractivity contribution in [1.82, 2.24) is 10.2 Å². The molecule has 6 heteroatoms. The van der Waals surface area contributed by atoms with E-state index in [1.165, 1.54) is 12.1 Å². The van der Waals surface area contributed by atoms with Gasteiger partial charge in [0.1, 0.15) is 11.9 Å². The van der Waals surface area contributed by atoms with Gasteiger partial charge in [0.05, 0.1) is 6.61 Å². The number of carbonyl (C=O) groups excluding carboxylic acids is 1. The predicted octanol–water partition coefficient (Wildman–Crippen LogP) is 2.49. The van der Waals surface area contributed by atoms with E-state index in [1.807, 2.05) is 0 Å². The fourth-order valence-corrected chi connectivity index (χ4v) is 3.01. The maximum absolute atomic E-state index is 13.6. The van der Waals surface area contributed by atoms with Crippen molar-refractivity contribution in [2.24, 2.45) is 0 Å². The van der Waals surface area contributed by atoms with E-state index in [2.05, 4.69) is 26.1 Å². The first-order valence-corrected chi connectivity index (χ1v) is 7.99. The van der Waals surface area contributed by atoms with Crippen LogP contribution in [0.3, 0.4) is 0 Å². The summed E-state index contributed by atoms with van der Waals surface area (Å²) in [6, 6.07) is 3.84. The summed E-state index contributed by atoms with van der Waals surface area (Å²) in [6.45, 7) is 5.33. The monoisotopic (exact) mass is 358 g/mol. The lowest BCUT2D eigenvalue weighted by Crippen LogP contribution is -2.38. The molecule has 1 aliphatic rings. The molecule has 0 amide bonds. The molecule has 1 aromatic rings.